The molecule has 0 N–H and O–H groups in total. The Morgan fingerprint density at radius 3 is 2.85 bits per heavy atom. The van der Waals surface area contributed by atoms with Crippen molar-refractivity contribution in [1.29, 1.82) is 0 Å². The van der Waals surface area contributed by atoms with Crippen molar-refractivity contribution in [1.82, 2.24) is 9.78 Å². The molecule has 5 heteroatoms. The van der Waals surface area contributed by atoms with E-state index in [-0.39, 0.29) is 17.1 Å². The number of furan rings is 1. The Labute approximate surface area is 114 Å². The van der Waals surface area contributed by atoms with E-state index in [1.165, 1.54) is 10.7 Å². The molecule has 0 aliphatic rings. The van der Waals surface area contributed by atoms with Crippen LogP contribution < -0.4 is 0 Å². The van der Waals surface area contributed by atoms with Crippen LogP contribution in [0.3, 0.4) is 0 Å². The molecular formula is C15H13FN2O2. The highest BCUT2D eigenvalue weighted by molar-refractivity contribution is 6.08. The maximum atomic E-state index is 13.6. The summed E-state index contributed by atoms with van der Waals surface area (Å²) in [5.41, 5.74) is 1.37. The molecule has 0 bridgehead atoms. The first-order valence-corrected chi connectivity index (χ1v) is 6.36. The number of halogens is 1. The number of nitrogens with zero attached hydrogens (tertiary/aromatic N) is 2. The zero-order valence-electron chi connectivity index (χ0n) is 11.2. The SMILES string of the molecule is CCc1cc(C(=O)c2cc3cccc(F)c3o2)n(C)n1. The number of aromatic nitrogens is 2. The third kappa shape index (κ3) is 1.91. The topological polar surface area (TPSA) is 48.0 Å². The average Bonchev–Trinajstić information content (AvgIpc) is 3.02. The van der Waals surface area contributed by atoms with Gasteiger partial charge in [-0.2, -0.15) is 5.10 Å². The van der Waals surface area contributed by atoms with Gasteiger partial charge in [-0.15, -0.1) is 0 Å². The fourth-order valence-electron chi connectivity index (χ4n) is 2.18. The first-order valence-electron chi connectivity index (χ1n) is 6.36. The van der Waals surface area contributed by atoms with Gasteiger partial charge in [-0.1, -0.05) is 19.1 Å². The van der Waals surface area contributed by atoms with Crippen molar-refractivity contribution in [2.24, 2.45) is 7.05 Å². The quantitative estimate of drug-likeness (QED) is 0.688. The number of rotatable bonds is 3. The van der Waals surface area contributed by atoms with E-state index in [2.05, 4.69) is 5.10 Å². The number of carbonyl (C=O) groups excluding carboxylic acids is 1. The molecule has 0 amide bonds. The Kier molecular flexibility index (Phi) is 2.89. The number of hydrogen-bond donors (Lipinski definition) is 0. The van der Waals surface area contributed by atoms with E-state index in [1.807, 2.05) is 6.92 Å². The highest BCUT2D eigenvalue weighted by Crippen LogP contribution is 2.24. The summed E-state index contributed by atoms with van der Waals surface area (Å²) in [7, 11) is 1.70. The second-order valence-corrected chi connectivity index (χ2v) is 4.60. The van der Waals surface area contributed by atoms with E-state index >= 15 is 0 Å². The molecule has 0 saturated heterocycles. The highest BCUT2D eigenvalue weighted by Gasteiger charge is 2.20. The summed E-state index contributed by atoms with van der Waals surface area (Å²) < 4.78 is 20.4. The molecule has 0 aliphatic heterocycles. The fourth-order valence-corrected chi connectivity index (χ4v) is 2.18. The normalized spacial score (nSPS) is 11.2. The molecule has 0 aliphatic carbocycles. The maximum Gasteiger partial charge on any atom is 0.246 e. The molecule has 102 valence electrons. The Morgan fingerprint density at radius 1 is 1.40 bits per heavy atom. The molecule has 3 aromatic rings. The number of benzene rings is 1. The zero-order chi connectivity index (χ0) is 14.3. The van der Waals surface area contributed by atoms with Crippen molar-refractivity contribution in [2.45, 2.75) is 13.3 Å². The van der Waals surface area contributed by atoms with Crippen molar-refractivity contribution in [3.05, 3.63) is 53.3 Å². The maximum absolute atomic E-state index is 13.6. The summed E-state index contributed by atoms with van der Waals surface area (Å²) in [6.45, 7) is 1.97. The van der Waals surface area contributed by atoms with Crippen molar-refractivity contribution >= 4 is 16.8 Å². The van der Waals surface area contributed by atoms with Gasteiger partial charge in [-0.3, -0.25) is 9.48 Å². The Hall–Kier alpha value is -2.43. The Morgan fingerprint density at radius 2 is 2.20 bits per heavy atom. The van der Waals surface area contributed by atoms with Crippen LogP contribution in [0.4, 0.5) is 4.39 Å². The van der Waals surface area contributed by atoms with Crippen LogP contribution in [-0.2, 0) is 13.5 Å². The predicted octanol–water partition coefficient (Wildman–Crippen LogP) is 3.10. The van der Waals surface area contributed by atoms with Gasteiger partial charge in [0.25, 0.3) is 0 Å². The molecule has 0 atom stereocenters. The number of hydrogen-bond acceptors (Lipinski definition) is 3. The largest absolute Gasteiger partial charge is 0.449 e. The summed E-state index contributed by atoms with van der Waals surface area (Å²) in [5.74, 6) is -0.646. The van der Waals surface area contributed by atoms with Crippen molar-refractivity contribution < 1.29 is 13.6 Å². The van der Waals surface area contributed by atoms with Crippen molar-refractivity contribution in [2.75, 3.05) is 0 Å². The van der Waals surface area contributed by atoms with E-state index in [1.54, 1.807) is 31.3 Å². The average molecular weight is 272 g/mol. The molecule has 0 radical (unpaired) electrons. The number of para-hydroxylation sites is 1. The first kappa shape index (κ1) is 12.6. The second kappa shape index (κ2) is 4.59. The standard InChI is InChI=1S/C15H13FN2O2/c1-3-10-8-12(18(2)17-10)14(19)13-7-9-5-4-6-11(16)15(9)20-13/h4-8H,3H2,1-2H3. The van der Waals surface area contributed by atoms with Gasteiger partial charge in [0.2, 0.25) is 5.78 Å². The van der Waals surface area contributed by atoms with Crippen molar-refractivity contribution in [3.8, 4) is 0 Å². The zero-order valence-corrected chi connectivity index (χ0v) is 11.2. The highest BCUT2D eigenvalue weighted by atomic mass is 19.1. The number of fused-ring (bicyclic) bond motifs is 1. The van der Waals surface area contributed by atoms with Gasteiger partial charge in [-0.05, 0) is 24.6 Å². The van der Waals surface area contributed by atoms with E-state index in [4.69, 9.17) is 4.42 Å². The summed E-state index contributed by atoms with van der Waals surface area (Å²) in [4.78, 5) is 12.4. The second-order valence-electron chi connectivity index (χ2n) is 4.60. The van der Waals surface area contributed by atoms with Crippen LogP contribution in [-0.4, -0.2) is 15.6 Å². The Bertz CT molecular complexity index is 801. The van der Waals surface area contributed by atoms with Crippen LogP contribution in [0.1, 0.15) is 28.9 Å². The van der Waals surface area contributed by atoms with Crippen LogP contribution >= 0.6 is 0 Å². The van der Waals surface area contributed by atoms with Gasteiger partial charge in [0.15, 0.2) is 17.2 Å². The van der Waals surface area contributed by atoms with Crippen LogP contribution in [0.5, 0.6) is 0 Å². The molecule has 0 spiro atoms. The molecule has 1 aromatic carbocycles. The minimum atomic E-state index is -0.471. The van der Waals surface area contributed by atoms with Crippen LogP contribution in [0.2, 0.25) is 0 Å². The lowest BCUT2D eigenvalue weighted by molar-refractivity contribution is 0.100. The lowest BCUT2D eigenvalue weighted by atomic mass is 10.2. The fraction of sp³-hybridized carbons (Fsp3) is 0.200. The first-order chi connectivity index (χ1) is 9.60. The molecule has 2 aromatic heterocycles. The van der Waals surface area contributed by atoms with Gasteiger partial charge < -0.3 is 4.42 Å². The van der Waals surface area contributed by atoms with Gasteiger partial charge in [0.1, 0.15) is 5.69 Å². The predicted molar refractivity (Wildman–Crippen MR) is 72.2 cm³/mol. The van der Waals surface area contributed by atoms with Gasteiger partial charge in [-0.25, -0.2) is 4.39 Å². The number of aryl methyl sites for hydroxylation is 2. The van der Waals surface area contributed by atoms with E-state index in [0.717, 1.165) is 12.1 Å². The Balaban J connectivity index is 2.08. The molecule has 2 heterocycles. The molecule has 4 nitrogen and oxygen atoms in total. The van der Waals surface area contributed by atoms with E-state index < -0.39 is 5.82 Å². The molecule has 0 unspecified atom stereocenters. The molecule has 0 saturated carbocycles. The molecule has 3 rings (SSSR count). The number of ketones is 1. The van der Waals surface area contributed by atoms with Crippen LogP contribution in [0, 0.1) is 5.82 Å². The van der Waals surface area contributed by atoms with Gasteiger partial charge in [0, 0.05) is 12.4 Å². The van der Waals surface area contributed by atoms with Crippen molar-refractivity contribution in [3.63, 3.8) is 0 Å². The summed E-state index contributed by atoms with van der Waals surface area (Å²) in [6.07, 6.45) is 0.746. The minimum absolute atomic E-state index is 0.105. The third-order valence-corrected chi connectivity index (χ3v) is 3.25. The molecule has 20 heavy (non-hydrogen) atoms. The monoisotopic (exact) mass is 272 g/mol. The van der Waals surface area contributed by atoms with Gasteiger partial charge in [0.05, 0.1) is 5.69 Å². The smallest absolute Gasteiger partial charge is 0.246 e. The van der Waals surface area contributed by atoms with E-state index in [0.29, 0.717) is 11.1 Å². The van der Waals surface area contributed by atoms with Gasteiger partial charge >= 0.3 is 0 Å². The third-order valence-electron chi connectivity index (χ3n) is 3.25. The summed E-state index contributed by atoms with van der Waals surface area (Å²) in [6, 6.07) is 7.88. The van der Waals surface area contributed by atoms with Crippen LogP contribution in [0.15, 0.2) is 34.7 Å². The number of carbonyl (C=O) groups is 1. The van der Waals surface area contributed by atoms with E-state index in [9.17, 15) is 9.18 Å². The summed E-state index contributed by atoms with van der Waals surface area (Å²) in [5, 5.41) is 4.80. The lowest BCUT2D eigenvalue weighted by Gasteiger charge is -1.96. The lowest BCUT2D eigenvalue weighted by Crippen LogP contribution is -2.07. The molecular weight excluding hydrogens is 259 g/mol. The summed E-state index contributed by atoms with van der Waals surface area (Å²) >= 11 is 0. The van der Waals surface area contributed by atoms with Crippen LogP contribution in [0.25, 0.3) is 11.0 Å². The molecule has 0 fully saturated rings. The minimum Gasteiger partial charge on any atom is -0.449 e.